The summed E-state index contributed by atoms with van der Waals surface area (Å²) in [5.41, 5.74) is 0. The molecule has 9 N–H and O–H groups in total. The number of ether oxygens (including phenoxy) is 4. The van der Waals surface area contributed by atoms with Crippen molar-refractivity contribution in [2.24, 2.45) is 0 Å². The Morgan fingerprint density at radius 2 is 0.986 bits per heavy atom. The molecule has 12 unspecified atom stereocenters. The topological polar surface area (TPSA) is 228 Å². The minimum atomic E-state index is -1.79. The normalized spacial score (nSPS) is 26.7. The summed E-state index contributed by atoms with van der Waals surface area (Å²) in [5.74, 6) is -0.254. The first kappa shape index (κ1) is 63.3. The van der Waals surface area contributed by atoms with E-state index >= 15 is 0 Å². The van der Waals surface area contributed by atoms with Crippen LogP contribution < -0.4 is 5.32 Å². The standard InChI is InChI=1S/C56H95NO13/c1-3-5-7-9-10-11-12-13-14-15-16-17-18-19-20-21-22-23-24-25-26-27-28-29-30-31-32-33-34-36-38-40-48(61)57-44(45(60)39-37-35-8-6-4-2)43-67-55-53(66)51(64)54(47(42-59)69-55)70-56-52(65)50(63)49(62)46(41-58)68-56/h5,7,10-11,13-14,16-17,19-20,22-23,37,39,44-47,49-56,58-60,62-66H,3-4,6,8-9,12,15,18,21,24-36,38,40-43H2,1-2H3,(H,57,61)/b7-5-,11-10-,14-13-,17-16-,20-19-,23-22-,39-37+. The number of allylic oxidation sites excluding steroid dienone is 13. The summed E-state index contributed by atoms with van der Waals surface area (Å²) in [5, 5.41) is 86.2. The molecule has 0 radical (unpaired) electrons. The van der Waals surface area contributed by atoms with E-state index in [4.69, 9.17) is 18.9 Å². The Balaban J connectivity index is 1.60. The van der Waals surface area contributed by atoms with Crippen molar-refractivity contribution in [3.05, 3.63) is 85.1 Å². The smallest absolute Gasteiger partial charge is 0.220 e. The van der Waals surface area contributed by atoms with E-state index in [-0.39, 0.29) is 18.9 Å². The molecule has 2 rings (SSSR count). The molecule has 2 fully saturated rings. The summed E-state index contributed by atoms with van der Waals surface area (Å²) in [4.78, 5) is 13.1. The molecule has 12 atom stereocenters. The molecule has 14 nitrogen and oxygen atoms in total. The van der Waals surface area contributed by atoms with Crippen molar-refractivity contribution in [3.8, 4) is 0 Å². The summed E-state index contributed by atoms with van der Waals surface area (Å²) in [6.07, 6.45) is 38.4. The molecule has 0 aliphatic carbocycles. The van der Waals surface area contributed by atoms with Gasteiger partial charge in [-0.15, -0.1) is 0 Å². The Labute approximate surface area is 420 Å². The number of carbonyl (C=O) groups excluding carboxylic acids is 1. The Kier molecular flexibility index (Phi) is 37.6. The average Bonchev–Trinajstić information content (AvgIpc) is 3.36. The highest BCUT2D eigenvalue weighted by molar-refractivity contribution is 5.76. The number of amides is 1. The minimum absolute atomic E-state index is 0.254. The van der Waals surface area contributed by atoms with Crippen LogP contribution in [0.25, 0.3) is 0 Å². The highest BCUT2D eigenvalue weighted by atomic mass is 16.7. The summed E-state index contributed by atoms with van der Waals surface area (Å²) in [6.45, 7) is 2.53. The van der Waals surface area contributed by atoms with Gasteiger partial charge in [-0.25, -0.2) is 0 Å². The average molecular weight is 990 g/mol. The van der Waals surface area contributed by atoms with Crippen LogP contribution in [0.2, 0.25) is 0 Å². The lowest BCUT2D eigenvalue weighted by Gasteiger charge is -2.46. The van der Waals surface area contributed by atoms with Gasteiger partial charge >= 0.3 is 0 Å². The third-order valence-electron chi connectivity index (χ3n) is 12.6. The largest absolute Gasteiger partial charge is 0.394 e. The van der Waals surface area contributed by atoms with E-state index in [1.165, 1.54) is 51.4 Å². The lowest BCUT2D eigenvalue weighted by Crippen LogP contribution is -2.65. The second kappa shape index (κ2) is 41.6. The summed E-state index contributed by atoms with van der Waals surface area (Å²) in [7, 11) is 0. The van der Waals surface area contributed by atoms with Gasteiger partial charge in [0.25, 0.3) is 0 Å². The number of nitrogens with one attached hydrogen (secondary N) is 1. The Morgan fingerprint density at radius 1 is 0.529 bits per heavy atom. The fraction of sp³-hybridized carbons (Fsp3) is 0.732. The van der Waals surface area contributed by atoms with Gasteiger partial charge in [0.1, 0.15) is 48.8 Å². The van der Waals surface area contributed by atoms with E-state index in [1.54, 1.807) is 6.08 Å². The van der Waals surface area contributed by atoms with Crippen LogP contribution in [-0.4, -0.2) is 140 Å². The fourth-order valence-corrected chi connectivity index (χ4v) is 8.23. The van der Waals surface area contributed by atoms with Gasteiger partial charge in [0.2, 0.25) is 5.91 Å². The summed E-state index contributed by atoms with van der Waals surface area (Å²) in [6, 6.07) is -0.916. The highest BCUT2D eigenvalue weighted by Crippen LogP contribution is 2.30. The molecule has 402 valence electrons. The van der Waals surface area contributed by atoms with Gasteiger partial charge in [0.15, 0.2) is 12.6 Å². The number of carbonyl (C=O) groups is 1. The monoisotopic (exact) mass is 990 g/mol. The molecule has 70 heavy (non-hydrogen) atoms. The van der Waals surface area contributed by atoms with Gasteiger partial charge in [0.05, 0.1) is 32.0 Å². The zero-order valence-electron chi connectivity index (χ0n) is 42.7. The molecule has 2 heterocycles. The quantitative estimate of drug-likeness (QED) is 0.0212. The van der Waals surface area contributed by atoms with E-state index in [1.807, 2.05) is 6.08 Å². The lowest BCUT2D eigenvalue weighted by atomic mass is 9.97. The highest BCUT2D eigenvalue weighted by Gasteiger charge is 2.51. The van der Waals surface area contributed by atoms with Crippen LogP contribution in [0.4, 0.5) is 0 Å². The maximum Gasteiger partial charge on any atom is 0.220 e. The van der Waals surface area contributed by atoms with E-state index in [0.29, 0.717) is 6.42 Å². The Morgan fingerprint density at radius 3 is 1.51 bits per heavy atom. The van der Waals surface area contributed by atoms with Crippen LogP contribution in [0.5, 0.6) is 0 Å². The maximum atomic E-state index is 13.1. The van der Waals surface area contributed by atoms with Crippen LogP contribution in [-0.2, 0) is 23.7 Å². The molecule has 0 aromatic heterocycles. The number of aliphatic hydroxyl groups excluding tert-OH is 8. The molecule has 0 spiro atoms. The number of unbranched alkanes of at least 4 members (excludes halogenated alkanes) is 15. The lowest BCUT2D eigenvalue weighted by molar-refractivity contribution is -0.359. The second-order valence-corrected chi connectivity index (χ2v) is 18.6. The van der Waals surface area contributed by atoms with Crippen molar-refractivity contribution >= 4 is 5.91 Å². The number of hydrogen-bond acceptors (Lipinski definition) is 13. The van der Waals surface area contributed by atoms with Crippen molar-refractivity contribution in [2.45, 2.75) is 242 Å². The first-order chi connectivity index (χ1) is 34.1. The number of rotatable bonds is 40. The van der Waals surface area contributed by atoms with Gasteiger partial charge in [-0.2, -0.15) is 0 Å². The molecule has 14 heteroatoms. The number of aliphatic hydroxyl groups is 8. The van der Waals surface area contributed by atoms with E-state index in [0.717, 1.165) is 89.9 Å². The van der Waals surface area contributed by atoms with Gasteiger partial charge in [-0.05, 0) is 70.6 Å². The molecule has 2 saturated heterocycles. The van der Waals surface area contributed by atoms with Crippen LogP contribution in [0.3, 0.4) is 0 Å². The van der Waals surface area contributed by atoms with E-state index in [9.17, 15) is 45.6 Å². The molecule has 0 aromatic rings. The summed E-state index contributed by atoms with van der Waals surface area (Å²) < 4.78 is 22.6. The van der Waals surface area contributed by atoms with Gasteiger partial charge < -0.3 is 65.1 Å². The fourth-order valence-electron chi connectivity index (χ4n) is 8.23. The first-order valence-corrected chi connectivity index (χ1v) is 26.8. The van der Waals surface area contributed by atoms with Crippen LogP contribution >= 0.6 is 0 Å². The van der Waals surface area contributed by atoms with Crippen molar-refractivity contribution in [2.75, 3.05) is 19.8 Å². The molecule has 2 aliphatic heterocycles. The Bertz CT molecular complexity index is 1500. The summed E-state index contributed by atoms with van der Waals surface area (Å²) >= 11 is 0. The predicted molar refractivity (Wildman–Crippen MR) is 276 cm³/mol. The number of hydrogen-bond donors (Lipinski definition) is 9. The first-order valence-electron chi connectivity index (χ1n) is 26.8. The third kappa shape index (κ3) is 27.8. The molecule has 0 aromatic carbocycles. The SMILES string of the molecule is CC/C=C\C/C=C\C/C=C\C/C=C\C/C=C\C/C=C\CCCCCCCCCCCCCCC(=O)NC(COC1OC(CO)C(OC2OC(CO)C(O)C(O)C2O)C(O)C1O)C(O)/C=C/CCCCC. The maximum absolute atomic E-state index is 13.1. The van der Waals surface area contributed by atoms with Crippen molar-refractivity contribution in [1.29, 1.82) is 0 Å². The zero-order valence-corrected chi connectivity index (χ0v) is 42.7. The van der Waals surface area contributed by atoms with Crippen molar-refractivity contribution < 1.29 is 64.6 Å². The van der Waals surface area contributed by atoms with E-state index in [2.05, 4.69) is 92.1 Å². The second-order valence-electron chi connectivity index (χ2n) is 18.6. The van der Waals surface area contributed by atoms with Gasteiger partial charge in [0, 0.05) is 6.42 Å². The Hall–Kier alpha value is -2.83. The zero-order chi connectivity index (χ0) is 51.0. The van der Waals surface area contributed by atoms with Crippen LogP contribution in [0, 0.1) is 0 Å². The van der Waals surface area contributed by atoms with Crippen LogP contribution in [0.1, 0.15) is 168 Å². The van der Waals surface area contributed by atoms with Gasteiger partial charge in [-0.3, -0.25) is 4.79 Å². The molecule has 1 amide bonds. The molecular weight excluding hydrogens is 895 g/mol. The van der Waals surface area contributed by atoms with Crippen molar-refractivity contribution in [3.63, 3.8) is 0 Å². The molecular formula is C56H95NO13. The molecule has 0 bridgehead atoms. The van der Waals surface area contributed by atoms with Gasteiger partial charge in [-0.1, -0.05) is 176 Å². The van der Waals surface area contributed by atoms with Crippen LogP contribution in [0.15, 0.2) is 85.1 Å². The van der Waals surface area contributed by atoms with E-state index < -0.39 is 86.8 Å². The molecule has 2 aliphatic rings. The predicted octanol–water partition coefficient (Wildman–Crippen LogP) is 7.77. The third-order valence-corrected chi connectivity index (χ3v) is 12.6. The van der Waals surface area contributed by atoms with Crippen molar-refractivity contribution in [1.82, 2.24) is 5.32 Å². The molecule has 0 saturated carbocycles. The minimum Gasteiger partial charge on any atom is -0.394 e.